The molecule has 0 atom stereocenters. The van der Waals surface area contributed by atoms with Gasteiger partial charge in [0.1, 0.15) is 0 Å². The second-order valence-corrected chi connectivity index (χ2v) is 7.29. The SMILES string of the molecule is CC(C)(C)OCCCOCCOCCOCCNC(=O)c1cccc(C(=O)O)c1. The van der Waals surface area contributed by atoms with Crippen LogP contribution in [0.4, 0.5) is 0 Å². The number of carbonyl (C=O) groups is 2. The van der Waals surface area contributed by atoms with Crippen LogP contribution < -0.4 is 5.32 Å². The number of hydrogen-bond donors (Lipinski definition) is 2. The van der Waals surface area contributed by atoms with Crippen LogP contribution in [0.15, 0.2) is 24.3 Å². The van der Waals surface area contributed by atoms with Crippen LogP contribution in [0.25, 0.3) is 0 Å². The summed E-state index contributed by atoms with van der Waals surface area (Å²) in [6.45, 7) is 9.97. The highest BCUT2D eigenvalue weighted by molar-refractivity contribution is 5.97. The molecule has 1 aromatic carbocycles. The van der Waals surface area contributed by atoms with Crippen LogP contribution >= 0.6 is 0 Å². The minimum absolute atomic E-state index is 0.0771. The van der Waals surface area contributed by atoms with E-state index in [0.717, 1.165) is 6.42 Å². The van der Waals surface area contributed by atoms with Gasteiger partial charge in [-0.25, -0.2) is 4.79 Å². The molecule has 0 aliphatic heterocycles. The molecule has 0 aliphatic rings. The van der Waals surface area contributed by atoms with Gasteiger partial charge in [-0.2, -0.15) is 0 Å². The Bertz CT molecular complexity index is 613. The molecular weight excluding hydrogens is 378 g/mol. The molecule has 1 amide bonds. The lowest BCUT2D eigenvalue weighted by Crippen LogP contribution is -2.27. The van der Waals surface area contributed by atoms with Gasteiger partial charge in [0.15, 0.2) is 0 Å². The number of nitrogens with one attached hydrogen (secondary N) is 1. The van der Waals surface area contributed by atoms with Crippen LogP contribution in [0.3, 0.4) is 0 Å². The number of carboxylic acids is 1. The van der Waals surface area contributed by atoms with Crippen LogP contribution in [-0.2, 0) is 18.9 Å². The maximum atomic E-state index is 12.0. The minimum atomic E-state index is -1.07. The van der Waals surface area contributed by atoms with E-state index in [9.17, 15) is 9.59 Å². The fourth-order valence-electron chi connectivity index (χ4n) is 2.21. The molecule has 29 heavy (non-hydrogen) atoms. The first-order chi connectivity index (χ1) is 13.8. The van der Waals surface area contributed by atoms with Crippen molar-refractivity contribution in [1.29, 1.82) is 0 Å². The zero-order valence-corrected chi connectivity index (χ0v) is 17.6. The summed E-state index contributed by atoms with van der Waals surface area (Å²) in [6.07, 6.45) is 0.854. The van der Waals surface area contributed by atoms with E-state index in [1.807, 2.05) is 20.8 Å². The third-order valence-electron chi connectivity index (χ3n) is 3.62. The Hall–Kier alpha value is -2.00. The predicted molar refractivity (Wildman–Crippen MR) is 109 cm³/mol. The van der Waals surface area contributed by atoms with E-state index in [-0.39, 0.29) is 17.1 Å². The van der Waals surface area contributed by atoms with E-state index in [4.69, 9.17) is 24.1 Å². The van der Waals surface area contributed by atoms with Gasteiger partial charge < -0.3 is 29.4 Å². The lowest BCUT2D eigenvalue weighted by molar-refractivity contribution is -0.0208. The highest BCUT2D eigenvalue weighted by Crippen LogP contribution is 2.07. The monoisotopic (exact) mass is 411 g/mol. The van der Waals surface area contributed by atoms with Crippen LogP contribution in [-0.4, -0.2) is 75.4 Å². The highest BCUT2D eigenvalue weighted by Gasteiger charge is 2.09. The average molecular weight is 411 g/mol. The number of aromatic carboxylic acids is 1. The van der Waals surface area contributed by atoms with Crippen molar-refractivity contribution in [2.75, 3.05) is 52.8 Å². The molecule has 0 spiro atoms. The number of hydrogen-bond acceptors (Lipinski definition) is 6. The minimum Gasteiger partial charge on any atom is -0.478 e. The smallest absolute Gasteiger partial charge is 0.335 e. The normalized spacial score (nSPS) is 11.4. The lowest BCUT2D eigenvalue weighted by atomic mass is 10.1. The Balaban J connectivity index is 1.93. The molecule has 1 rings (SSSR count). The van der Waals surface area contributed by atoms with E-state index < -0.39 is 5.97 Å². The number of benzene rings is 1. The van der Waals surface area contributed by atoms with Crippen molar-refractivity contribution in [3.8, 4) is 0 Å². The summed E-state index contributed by atoms with van der Waals surface area (Å²) in [4.78, 5) is 22.9. The first-order valence-corrected chi connectivity index (χ1v) is 9.78. The van der Waals surface area contributed by atoms with Gasteiger partial charge in [-0.3, -0.25) is 4.79 Å². The summed E-state index contributed by atoms with van der Waals surface area (Å²) in [5, 5.41) is 11.6. The Kier molecular flexibility index (Phi) is 12.1. The summed E-state index contributed by atoms with van der Waals surface area (Å²) in [5.74, 6) is -1.40. The zero-order chi connectivity index (χ0) is 21.5. The number of carbonyl (C=O) groups excluding carboxylic acids is 1. The Morgan fingerprint density at radius 2 is 1.48 bits per heavy atom. The number of carboxylic acid groups (broad SMARTS) is 1. The number of ether oxygens (including phenoxy) is 4. The highest BCUT2D eigenvalue weighted by atomic mass is 16.5. The fourth-order valence-corrected chi connectivity index (χ4v) is 2.21. The Morgan fingerprint density at radius 3 is 2.10 bits per heavy atom. The first kappa shape index (κ1) is 25.0. The van der Waals surface area contributed by atoms with Gasteiger partial charge >= 0.3 is 5.97 Å². The van der Waals surface area contributed by atoms with E-state index in [2.05, 4.69) is 5.32 Å². The largest absolute Gasteiger partial charge is 0.478 e. The van der Waals surface area contributed by atoms with Crippen LogP contribution in [0, 0.1) is 0 Å². The van der Waals surface area contributed by atoms with E-state index in [1.165, 1.54) is 18.2 Å². The summed E-state index contributed by atoms with van der Waals surface area (Å²) < 4.78 is 21.8. The van der Waals surface area contributed by atoms with Crippen molar-refractivity contribution in [1.82, 2.24) is 5.32 Å². The molecule has 2 N–H and O–H groups in total. The van der Waals surface area contributed by atoms with Gasteiger partial charge in [-0.15, -0.1) is 0 Å². The van der Waals surface area contributed by atoms with E-state index >= 15 is 0 Å². The molecule has 0 radical (unpaired) electrons. The third kappa shape index (κ3) is 13.0. The summed E-state index contributed by atoms with van der Waals surface area (Å²) in [5.41, 5.74) is 0.267. The maximum Gasteiger partial charge on any atom is 0.335 e. The van der Waals surface area contributed by atoms with E-state index in [0.29, 0.717) is 58.4 Å². The molecular formula is C21H33NO7. The average Bonchev–Trinajstić information content (AvgIpc) is 2.67. The molecule has 0 heterocycles. The number of rotatable bonds is 15. The lowest BCUT2D eigenvalue weighted by Gasteiger charge is -2.19. The Morgan fingerprint density at radius 1 is 0.897 bits per heavy atom. The molecule has 0 aliphatic carbocycles. The fraction of sp³-hybridized carbons (Fsp3) is 0.619. The second-order valence-electron chi connectivity index (χ2n) is 7.29. The zero-order valence-electron chi connectivity index (χ0n) is 17.6. The summed E-state index contributed by atoms with van der Waals surface area (Å²) in [6, 6.07) is 5.88. The standard InChI is InChI=1S/C21H33NO7/c1-21(2,3)29-10-5-9-26-12-14-28-15-13-27-11-8-22-19(23)17-6-4-7-18(16-17)20(24)25/h4,6-7,16H,5,8-15H2,1-3H3,(H,22,23)(H,24,25). The van der Waals surface area contributed by atoms with Crippen molar-refractivity contribution in [2.45, 2.75) is 32.8 Å². The first-order valence-electron chi connectivity index (χ1n) is 9.78. The number of amides is 1. The van der Waals surface area contributed by atoms with Crippen molar-refractivity contribution >= 4 is 11.9 Å². The third-order valence-corrected chi connectivity index (χ3v) is 3.62. The summed E-state index contributed by atoms with van der Waals surface area (Å²) in [7, 11) is 0. The predicted octanol–water partition coefficient (Wildman–Crippen LogP) is 2.37. The van der Waals surface area contributed by atoms with Crippen LogP contribution in [0.5, 0.6) is 0 Å². The van der Waals surface area contributed by atoms with Gasteiger partial charge in [0.05, 0.1) is 44.2 Å². The maximum absolute atomic E-state index is 12.0. The van der Waals surface area contributed by atoms with Gasteiger partial charge in [-0.05, 0) is 45.4 Å². The van der Waals surface area contributed by atoms with Crippen molar-refractivity contribution in [3.63, 3.8) is 0 Å². The quantitative estimate of drug-likeness (QED) is 0.427. The molecule has 0 saturated heterocycles. The molecule has 0 unspecified atom stereocenters. The van der Waals surface area contributed by atoms with Crippen molar-refractivity contribution in [3.05, 3.63) is 35.4 Å². The topological polar surface area (TPSA) is 103 Å². The second kappa shape index (κ2) is 14.1. The molecule has 1 aromatic rings. The molecule has 0 saturated carbocycles. The van der Waals surface area contributed by atoms with Crippen molar-refractivity contribution < 1.29 is 33.6 Å². The van der Waals surface area contributed by atoms with Crippen LogP contribution in [0.2, 0.25) is 0 Å². The van der Waals surface area contributed by atoms with Gasteiger partial charge in [0, 0.05) is 25.3 Å². The molecule has 8 nitrogen and oxygen atoms in total. The van der Waals surface area contributed by atoms with Gasteiger partial charge in [0.25, 0.3) is 5.91 Å². The van der Waals surface area contributed by atoms with Gasteiger partial charge in [-0.1, -0.05) is 6.07 Å². The Labute approximate surface area is 172 Å². The van der Waals surface area contributed by atoms with E-state index in [1.54, 1.807) is 6.07 Å². The molecule has 8 heteroatoms. The molecule has 164 valence electrons. The molecule has 0 bridgehead atoms. The molecule has 0 fully saturated rings. The van der Waals surface area contributed by atoms with Crippen molar-refractivity contribution in [2.24, 2.45) is 0 Å². The van der Waals surface area contributed by atoms with Crippen LogP contribution in [0.1, 0.15) is 47.9 Å². The molecule has 0 aromatic heterocycles. The van der Waals surface area contributed by atoms with Gasteiger partial charge in [0.2, 0.25) is 0 Å². The summed E-state index contributed by atoms with van der Waals surface area (Å²) >= 11 is 0.